The number of nitrogens with zero attached hydrogens (tertiary/aromatic N) is 6. The molecule has 0 amide bonds. The van der Waals surface area contributed by atoms with E-state index >= 15 is 0 Å². The van der Waals surface area contributed by atoms with Crippen LogP contribution in [-0.4, -0.2) is 48.6 Å². The van der Waals surface area contributed by atoms with Gasteiger partial charge in [-0.15, -0.1) is 10.2 Å². The number of imidazole rings is 1. The summed E-state index contributed by atoms with van der Waals surface area (Å²) in [5.74, 6) is 1.32. The van der Waals surface area contributed by atoms with Gasteiger partial charge in [-0.1, -0.05) is 0 Å². The number of benzene rings is 1. The molecule has 0 fully saturated rings. The first-order valence-corrected chi connectivity index (χ1v) is 11.4. The predicted octanol–water partition coefficient (Wildman–Crippen LogP) is 4.51. The number of hydrogen-bond acceptors (Lipinski definition) is 10. The second-order valence-corrected chi connectivity index (χ2v) is 8.16. The van der Waals surface area contributed by atoms with E-state index in [2.05, 4.69) is 30.8 Å². The number of nitrogens with one attached hydrogen (secondary N) is 3. The highest BCUT2D eigenvalue weighted by molar-refractivity contribution is 6.05. The number of aliphatic hydroxyl groups excluding tert-OH is 1. The van der Waals surface area contributed by atoms with Gasteiger partial charge in [0.05, 0.1) is 17.1 Å². The molecule has 1 atom stereocenters. The summed E-state index contributed by atoms with van der Waals surface area (Å²) in [4.78, 5) is 9.11. The first-order chi connectivity index (χ1) is 18.2. The average Bonchev–Trinajstić information content (AvgIpc) is 3.31. The van der Waals surface area contributed by atoms with Crippen LogP contribution in [0.3, 0.4) is 0 Å². The fraction of sp³-hybridized carbons (Fsp3) is 0.200. The molecule has 13 heteroatoms. The number of fused-ring (bicyclic) bond motifs is 1. The molecule has 0 spiro atoms. The summed E-state index contributed by atoms with van der Waals surface area (Å²) in [6.07, 6.45) is -0.411. The summed E-state index contributed by atoms with van der Waals surface area (Å²) in [6.45, 7) is 2.56. The maximum atomic E-state index is 12.3. The Hall–Kier alpha value is -4.96. The number of anilines is 3. The Kier molecular flexibility index (Phi) is 7.83. The Morgan fingerprint density at radius 2 is 2.05 bits per heavy atom. The highest BCUT2D eigenvalue weighted by Gasteiger charge is 2.14. The van der Waals surface area contributed by atoms with Gasteiger partial charge in [0.2, 0.25) is 5.88 Å². The topological polar surface area (TPSA) is 158 Å². The van der Waals surface area contributed by atoms with Gasteiger partial charge in [-0.25, -0.2) is 18.7 Å². The van der Waals surface area contributed by atoms with Crippen molar-refractivity contribution in [3.8, 4) is 17.8 Å². The van der Waals surface area contributed by atoms with E-state index in [1.54, 1.807) is 55.1 Å². The number of pyridine rings is 1. The minimum atomic E-state index is -2.60. The van der Waals surface area contributed by atoms with Gasteiger partial charge in [0, 0.05) is 23.0 Å². The third-order valence-corrected chi connectivity index (χ3v) is 5.22. The van der Waals surface area contributed by atoms with Gasteiger partial charge in [0.25, 0.3) is 6.43 Å². The number of alkyl halides is 2. The zero-order valence-corrected chi connectivity index (χ0v) is 20.4. The molecule has 0 saturated carbocycles. The normalized spacial score (nSPS) is 12.3. The minimum absolute atomic E-state index is 0.00188. The maximum absolute atomic E-state index is 12.3. The lowest BCUT2D eigenvalue weighted by Gasteiger charge is -2.15. The van der Waals surface area contributed by atoms with E-state index in [0.29, 0.717) is 39.9 Å². The average molecular weight is 520 g/mol. The number of allylic oxidation sites excluding steroid dienone is 2. The zero-order chi connectivity index (χ0) is 27.2. The largest absolute Gasteiger partial charge is 0.471 e. The van der Waals surface area contributed by atoms with Crippen molar-refractivity contribution < 1.29 is 18.6 Å². The molecule has 1 aromatic carbocycles. The fourth-order valence-corrected chi connectivity index (χ4v) is 3.54. The smallest absolute Gasteiger partial charge is 0.272 e. The van der Waals surface area contributed by atoms with Crippen molar-refractivity contribution in [2.45, 2.75) is 26.4 Å². The van der Waals surface area contributed by atoms with Crippen molar-refractivity contribution in [1.29, 1.82) is 10.7 Å². The van der Waals surface area contributed by atoms with Crippen LogP contribution in [0.15, 0.2) is 60.6 Å². The van der Waals surface area contributed by atoms with Crippen LogP contribution in [0.2, 0.25) is 0 Å². The molecule has 3 aromatic heterocycles. The lowest BCUT2D eigenvalue weighted by molar-refractivity contribution is 0.0791. The maximum Gasteiger partial charge on any atom is 0.272 e. The molecule has 38 heavy (non-hydrogen) atoms. The van der Waals surface area contributed by atoms with Crippen LogP contribution < -0.4 is 15.4 Å². The number of hydrogen-bond donors (Lipinski definition) is 4. The van der Waals surface area contributed by atoms with Gasteiger partial charge >= 0.3 is 0 Å². The highest BCUT2D eigenvalue weighted by atomic mass is 19.3. The van der Waals surface area contributed by atoms with Crippen molar-refractivity contribution in [3.63, 3.8) is 0 Å². The number of aliphatic hydroxyl groups is 1. The van der Waals surface area contributed by atoms with E-state index in [1.165, 1.54) is 12.1 Å². The molecule has 4 rings (SSSR count). The second kappa shape index (κ2) is 11.4. The Labute approximate surface area is 216 Å². The van der Waals surface area contributed by atoms with Crippen LogP contribution in [0, 0.1) is 16.7 Å². The SMILES string of the molecule is C/C(=C/C(=N)C#N)Nc1nc(-n2cnc3cc(Nc4ccc(OCC(F)F)nn4)ccc32)ccc1C(C)O. The molecule has 3 heterocycles. The number of rotatable bonds is 10. The molecule has 0 radical (unpaired) electrons. The molecule has 0 aliphatic rings. The lowest BCUT2D eigenvalue weighted by Crippen LogP contribution is -2.08. The molecule has 0 aliphatic heterocycles. The summed E-state index contributed by atoms with van der Waals surface area (Å²) < 4.78 is 31.2. The third-order valence-electron chi connectivity index (χ3n) is 5.22. The van der Waals surface area contributed by atoms with Crippen LogP contribution in [0.5, 0.6) is 5.88 Å². The van der Waals surface area contributed by atoms with Crippen LogP contribution >= 0.6 is 0 Å². The van der Waals surface area contributed by atoms with Gasteiger partial charge in [0.15, 0.2) is 12.4 Å². The van der Waals surface area contributed by atoms with Crippen molar-refractivity contribution in [1.82, 2.24) is 24.7 Å². The van der Waals surface area contributed by atoms with Gasteiger partial charge in [-0.05, 0) is 56.3 Å². The van der Waals surface area contributed by atoms with Crippen molar-refractivity contribution >= 4 is 34.1 Å². The van der Waals surface area contributed by atoms with E-state index in [4.69, 9.17) is 15.4 Å². The van der Waals surface area contributed by atoms with E-state index in [9.17, 15) is 13.9 Å². The van der Waals surface area contributed by atoms with E-state index in [1.807, 2.05) is 12.1 Å². The van der Waals surface area contributed by atoms with Gasteiger partial charge in [-0.3, -0.25) is 9.98 Å². The first-order valence-electron chi connectivity index (χ1n) is 11.4. The summed E-state index contributed by atoms with van der Waals surface area (Å²) >= 11 is 0. The zero-order valence-electron chi connectivity index (χ0n) is 20.4. The van der Waals surface area contributed by atoms with Crippen LogP contribution in [0.25, 0.3) is 16.9 Å². The molecule has 4 aromatic rings. The van der Waals surface area contributed by atoms with Crippen molar-refractivity contribution in [2.75, 3.05) is 17.2 Å². The Bertz CT molecular complexity index is 1530. The molecular formula is C25H23F2N9O2. The monoisotopic (exact) mass is 519 g/mol. The lowest BCUT2D eigenvalue weighted by atomic mass is 10.1. The standard InChI is InChI=1S/C25H23F2N9O2/c1-14(9-16(29)11-28)31-25-18(15(2)37)4-7-23(33-25)36-13-30-19-10-17(3-5-20(19)36)32-22-6-8-24(35-34-22)38-12-21(26)27/h3-10,13,15,21,29,37H,12H2,1-2H3,(H,31,33)(H,32,34)/b14-9-,29-16?. The van der Waals surface area contributed by atoms with Crippen LogP contribution in [-0.2, 0) is 0 Å². The quantitative estimate of drug-likeness (QED) is 0.221. The van der Waals surface area contributed by atoms with Crippen molar-refractivity contribution in [2.24, 2.45) is 0 Å². The number of aromatic nitrogens is 5. The van der Waals surface area contributed by atoms with Crippen molar-refractivity contribution in [3.05, 3.63) is 66.1 Å². The minimum Gasteiger partial charge on any atom is -0.471 e. The molecule has 0 aliphatic carbocycles. The molecule has 0 saturated heterocycles. The molecule has 4 N–H and O–H groups in total. The highest BCUT2D eigenvalue weighted by Crippen LogP contribution is 2.27. The van der Waals surface area contributed by atoms with Gasteiger partial charge < -0.3 is 20.5 Å². The Balaban J connectivity index is 1.57. The molecule has 1 unspecified atom stereocenters. The van der Waals surface area contributed by atoms with E-state index < -0.39 is 19.1 Å². The van der Waals surface area contributed by atoms with Crippen LogP contribution in [0.1, 0.15) is 25.5 Å². The third kappa shape index (κ3) is 6.23. The summed E-state index contributed by atoms with van der Waals surface area (Å²) in [5, 5.41) is 40.4. The fourth-order valence-electron chi connectivity index (χ4n) is 3.54. The first kappa shape index (κ1) is 26.1. The number of nitriles is 1. The van der Waals surface area contributed by atoms with Gasteiger partial charge in [-0.2, -0.15) is 5.26 Å². The molecule has 0 bridgehead atoms. The Morgan fingerprint density at radius 3 is 2.74 bits per heavy atom. The number of halogens is 2. The summed E-state index contributed by atoms with van der Waals surface area (Å²) in [6, 6.07) is 13.7. The summed E-state index contributed by atoms with van der Waals surface area (Å²) in [5.41, 5.74) is 2.96. The number of ether oxygens (including phenoxy) is 1. The predicted molar refractivity (Wildman–Crippen MR) is 137 cm³/mol. The molecule has 11 nitrogen and oxygen atoms in total. The summed E-state index contributed by atoms with van der Waals surface area (Å²) in [7, 11) is 0. The van der Waals surface area contributed by atoms with E-state index in [-0.39, 0.29) is 11.6 Å². The second-order valence-electron chi connectivity index (χ2n) is 8.16. The van der Waals surface area contributed by atoms with Gasteiger partial charge in [0.1, 0.15) is 29.7 Å². The molecule has 194 valence electrons. The molecular weight excluding hydrogens is 496 g/mol. The Morgan fingerprint density at radius 1 is 1.24 bits per heavy atom. The van der Waals surface area contributed by atoms with E-state index in [0.717, 1.165) is 5.52 Å². The van der Waals surface area contributed by atoms with Crippen LogP contribution in [0.4, 0.5) is 26.1 Å².